The molecule has 1 unspecified atom stereocenters. The van der Waals surface area contributed by atoms with Crippen LogP contribution < -0.4 is 10.1 Å². The first-order valence-corrected chi connectivity index (χ1v) is 11.6. The monoisotopic (exact) mass is 478 g/mol. The van der Waals surface area contributed by atoms with Gasteiger partial charge in [0.15, 0.2) is 6.61 Å². The van der Waals surface area contributed by atoms with E-state index in [1.54, 1.807) is 18.2 Å². The summed E-state index contributed by atoms with van der Waals surface area (Å²) < 4.78 is 5.76. The van der Waals surface area contributed by atoms with Gasteiger partial charge >= 0.3 is 0 Å². The number of carbonyl (C=O) groups excluding carboxylic acids is 2. The van der Waals surface area contributed by atoms with Crippen molar-refractivity contribution in [1.82, 2.24) is 10.2 Å². The molecule has 7 heteroatoms. The third kappa shape index (κ3) is 7.14. The number of benzene rings is 2. The normalized spacial score (nSPS) is 12.2. The van der Waals surface area contributed by atoms with Crippen molar-refractivity contribution in [1.29, 1.82) is 0 Å². The van der Waals surface area contributed by atoms with Gasteiger partial charge in [0.25, 0.3) is 5.91 Å². The van der Waals surface area contributed by atoms with E-state index in [4.69, 9.17) is 27.9 Å². The molecule has 0 aliphatic carbocycles. The molecule has 0 radical (unpaired) electrons. The zero-order valence-corrected chi connectivity index (χ0v) is 20.9. The van der Waals surface area contributed by atoms with Crippen LogP contribution in [0.2, 0.25) is 10.0 Å². The highest BCUT2D eigenvalue weighted by Crippen LogP contribution is 2.25. The zero-order valence-electron chi connectivity index (χ0n) is 19.4. The minimum absolute atomic E-state index is 0.0317. The van der Waals surface area contributed by atoms with E-state index in [0.29, 0.717) is 34.3 Å². The number of likely N-dealkylation sites (N-methyl/N-ethyl adjacent to an activating group) is 1. The summed E-state index contributed by atoms with van der Waals surface area (Å²) >= 11 is 12.3. The van der Waals surface area contributed by atoms with Crippen LogP contribution in [0.3, 0.4) is 0 Å². The Morgan fingerprint density at radius 2 is 1.72 bits per heavy atom. The Hall–Kier alpha value is -2.24. The third-order valence-electron chi connectivity index (χ3n) is 5.18. The van der Waals surface area contributed by atoms with Gasteiger partial charge in [0, 0.05) is 23.1 Å². The fourth-order valence-corrected chi connectivity index (χ4v) is 3.79. The molecule has 0 fully saturated rings. The van der Waals surface area contributed by atoms with Gasteiger partial charge in [0.1, 0.15) is 11.8 Å². The molecule has 0 spiro atoms. The summed E-state index contributed by atoms with van der Waals surface area (Å²) in [6.07, 6.45) is 0.461. The highest BCUT2D eigenvalue weighted by molar-refractivity contribution is 6.35. The summed E-state index contributed by atoms with van der Waals surface area (Å²) in [5, 5.41) is 3.76. The molecule has 0 saturated carbocycles. The summed E-state index contributed by atoms with van der Waals surface area (Å²) in [7, 11) is 0. The number of rotatable bonds is 9. The molecule has 0 aliphatic rings. The quantitative estimate of drug-likeness (QED) is 0.509. The smallest absolute Gasteiger partial charge is 0.261 e. The van der Waals surface area contributed by atoms with Gasteiger partial charge in [-0.2, -0.15) is 0 Å². The second-order valence-electron chi connectivity index (χ2n) is 8.64. The summed E-state index contributed by atoms with van der Waals surface area (Å²) in [4.78, 5) is 27.4. The van der Waals surface area contributed by atoms with E-state index in [1.807, 2.05) is 38.1 Å². The molecule has 2 aromatic carbocycles. The maximum Gasteiger partial charge on any atom is 0.261 e. The SMILES string of the molecule is CCNC(=O)C(CC)N(Cc1ccc(Cl)cc1Cl)C(=O)COc1ccc(C(C)(C)C)cc1. The third-order valence-corrected chi connectivity index (χ3v) is 5.76. The molecular formula is C25H32Cl2N2O3. The topological polar surface area (TPSA) is 58.6 Å². The van der Waals surface area contributed by atoms with Crippen LogP contribution in [0.15, 0.2) is 42.5 Å². The Labute approximate surface area is 201 Å². The standard InChI is InChI=1S/C25H32Cl2N2O3/c1-6-22(24(31)28-7-2)29(15-17-8-11-19(26)14-21(17)27)23(30)16-32-20-12-9-18(10-13-20)25(3,4)5/h8-14,22H,6-7,15-16H2,1-5H3,(H,28,31). The van der Waals surface area contributed by atoms with Crippen molar-refractivity contribution in [3.8, 4) is 5.75 Å². The lowest BCUT2D eigenvalue weighted by Crippen LogP contribution is -2.50. The molecule has 1 atom stereocenters. The highest BCUT2D eigenvalue weighted by atomic mass is 35.5. The van der Waals surface area contributed by atoms with Crippen molar-refractivity contribution >= 4 is 35.0 Å². The number of halogens is 2. The predicted molar refractivity (Wildman–Crippen MR) is 130 cm³/mol. The Kier molecular flexibility index (Phi) is 9.41. The maximum absolute atomic E-state index is 13.2. The lowest BCUT2D eigenvalue weighted by atomic mass is 9.87. The van der Waals surface area contributed by atoms with Gasteiger partial charge in [-0.05, 0) is 54.2 Å². The van der Waals surface area contributed by atoms with Gasteiger partial charge in [-0.25, -0.2) is 0 Å². The van der Waals surface area contributed by atoms with Gasteiger partial charge in [-0.3, -0.25) is 9.59 Å². The summed E-state index contributed by atoms with van der Waals surface area (Å²) in [6.45, 7) is 10.6. The molecule has 0 heterocycles. The van der Waals surface area contributed by atoms with E-state index in [2.05, 4.69) is 26.1 Å². The Bertz CT molecular complexity index is 924. The Morgan fingerprint density at radius 3 is 2.25 bits per heavy atom. The van der Waals surface area contributed by atoms with E-state index < -0.39 is 6.04 Å². The maximum atomic E-state index is 13.2. The van der Waals surface area contributed by atoms with Crippen molar-refractivity contribution in [2.45, 2.75) is 59.0 Å². The fourth-order valence-electron chi connectivity index (χ4n) is 3.32. The van der Waals surface area contributed by atoms with Crippen LogP contribution in [0.1, 0.15) is 52.2 Å². The van der Waals surface area contributed by atoms with E-state index in [-0.39, 0.29) is 30.4 Å². The zero-order chi connectivity index (χ0) is 23.9. The molecule has 32 heavy (non-hydrogen) atoms. The molecule has 0 aliphatic heterocycles. The minimum atomic E-state index is -0.638. The summed E-state index contributed by atoms with van der Waals surface area (Å²) in [5.74, 6) is 0.0962. The second-order valence-corrected chi connectivity index (χ2v) is 9.48. The van der Waals surface area contributed by atoms with Crippen molar-refractivity contribution in [2.75, 3.05) is 13.2 Å². The number of hydrogen-bond acceptors (Lipinski definition) is 3. The van der Waals surface area contributed by atoms with Crippen molar-refractivity contribution in [3.05, 3.63) is 63.6 Å². The molecule has 2 amide bonds. The largest absolute Gasteiger partial charge is 0.484 e. The van der Waals surface area contributed by atoms with E-state index in [0.717, 1.165) is 0 Å². The molecular weight excluding hydrogens is 447 g/mol. The van der Waals surface area contributed by atoms with Crippen LogP contribution in [0, 0.1) is 0 Å². The molecule has 0 bridgehead atoms. The van der Waals surface area contributed by atoms with E-state index >= 15 is 0 Å². The first-order valence-electron chi connectivity index (χ1n) is 10.8. The van der Waals surface area contributed by atoms with Crippen molar-refractivity contribution in [3.63, 3.8) is 0 Å². The van der Waals surface area contributed by atoms with Crippen LogP contribution in [0.4, 0.5) is 0 Å². The number of amides is 2. The Morgan fingerprint density at radius 1 is 1.06 bits per heavy atom. The number of ether oxygens (including phenoxy) is 1. The number of nitrogens with zero attached hydrogens (tertiary/aromatic N) is 1. The van der Waals surface area contributed by atoms with Crippen LogP contribution in [-0.2, 0) is 21.5 Å². The lowest BCUT2D eigenvalue weighted by molar-refractivity contribution is -0.142. The predicted octanol–water partition coefficient (Wildman–Crippen LogP) is 5.61. The van der Waals surface area contributed by atoms with Crippen LogP contribution in [0.25, 0.3) is 0 Å². The summed E-state index contributed by atoms with van der Waals surface area (Å²) in [6, 6.07) is 12.2. The molecule has 5 nitrogen and oxygen atoms in total. The number of carbonyl (C=O) groups is 2. The first-order chi connectivity index (χ1) is 15.1. The molecule has 174 valence electrons. The van der Waals surface area contributed by atoms with Crippen LogP contribution in [-0.4, -0.2) is 35.9 Å². The number of hydrogen-bond donors (Lipinski definition) is 1. The van der Waals surface area contributed by atoms with E-state index in [9.17, 15) is 9.59 Å². The average Bonchev–Trinajstić information content (AvgIpc) is 2.73. The molecule has 0 aromatic heterocycles. The average molecular weight is 479 g/mol. The van der Waals surface area contributed by atoms with Gasteiger partial charge in [0.05, 0.1) is 0 Å². The highest BCUT2D eigenvalue weighted by Gasteiger charge is 2.29. The van der Waals surface area contributed by atoms with Crippen LogP contribution >= 0.6 is 23.2 Å². The minimum Gasteiger partial charge on any atom is -0.484 e. The lowest BCUT2D eigenvalue weighted by Gasteiger charge is -2.30. The van der Waals surface area contributed by atoms with Gasteiger partial charge in [0.2, 0.25) is 5.91 Å². The molecule has 2 rings (SSSR count). The molecule has 1 N–H and O–H groups in total. The fraction of sp³-hybridized carbons (Fsp3) is 0.440. The Balaban J connectivity index is 2.21. The first kappa shape index (κ1) is 26.0. The van der Waals surface area contributed by atoms with Crippen molar-refractivity contribution in [2.24, 2.45) is 0 Å². The van der Waals surface area contributed by atoms with Gasteiger partial charge in [-0.1, -0.05) is 69.1 Å². The van der Waals surface area contributed by atoms with Gasteiger partial charge in [-0.15, -0.1) is 0 Å². The van der Waals surface area contributed by atoms with E-state index in [1.165, 1.54) is 10.5 Å². The summed E-state index contributed by atoms with van der Waals surface area (Å²) in [5.41, 5.74) is 1.92. The van der Waals surface area contributed by atoms with Crippen LogP contribution in [0.5, 0.6) is 5.75 Å². The number of nitrogens with one attached hydrogen (secondary N) is 1. The second kappa shape index (κ2) is 11.6. The molecule has 2 aromatic rings. The van der Waals surface area contributed by atoms with Gasteiger partial charge < -0.3 is 15.0 Å². The van der Waals surface area contributed by atoms with Crippen molar-refractivity contribution < 1.29 is 14.3 Å². The molecule has 0 saturated heterocycles.